The minimum absolute atomic E-state index is 0.0131. The van der Waals surface area contributed by atoms with Gasteiger partial charge in [0.25, 0.3) is 5.91 Å². The van der Waals surface area contributed by atoms with Gasteiger partial charge in [-0.25, -0.2) is 4.68 Å². The minimum Gasteiger partial charge on any atom is -0.376 e. The van der Waals surface area contributed by atoms with E-state index in [0.717, 1.165) is 25.1 Å². The minimum atomic E-state index is -0.0961. The second-order valence-electron chi connectivity index (χ2n) is 5.11. The smallest absolute Gasteiger partial charge is 0.251 e. The average Bonchev–Trinajstić information content (AvgIpc) is 3.20. The molecule has 0 unspecified atom stereocenters. The van der Waals surface area contributed by atoms with Crippen molar-refractivity contribution in [1.29, 1.82) is 0 Å². The summed E-state index contributed by atoms with van der Waals surface area (Å²) in [6, 6.07) is 7.15. The fraction of sp³-hybridized carbons (Fsp3) is 0.429. The Labute approximate surface area is 122 Å². The Hall–Kier alpha value is -2.28. The van der Waals surface area contributed by atoms with Crippen LogP contribution < -0.4 is 5.32 Å². The van der Waals surface area contributed by atoms with Crippen molar-refractivity contribution in [2.75, 3.05) is 6.61 Å². The van der Waals surface area contributed by atoms with E-state index in [4.69, 9.17) is 4.74 Å². The molecule has 1 saturated heterocycles. The van der Waals surface area contributed by atoms with Gasteiger partial charge >= 0.3 is 0 Å². The summed E-state index contributed by atoms with van der Waals surface area (Å²) in [5.74, 6) is -0.0961. The van der Waals surface area contributed by atoms with Crippen LogP contribution in [0.5, 0.6) is 0 Å². The summed E-state index contributed by atoms with van der Waals surface area (Å²) >= 11 is 0. The number of carbonyl (C=O) groups is 1. The maximum absolute atomic E-state index is 12.2. The largest absolute Gasteiger partial charge is 0.376 e. The molecule has 2 aromatic rings. The number of amides is 1. The molecule has 7 heteroatoms. The summed E-state index contributed by atoms with van der Waals surface area (Å²) in [5, 5.41) is 13.9. The summed E-state index contributed by atoms with van der Waals surface area (Å²) < 4.78 is 7.12. The average molecular weight is 287 g/mol. The van der Waals surface area contributed by atoms with Crippen LogP contribution in [0.25, 0.3) is 5.69 Å². The molecule has 1 aromatic carbocycles. The molecule has 0 radical (unpaired) electrons. The lowest BCUT2D eigenvalue weighted by Crippen LogP contribution is -2.40. The zero-order valence-electron chi connectivity index (χ0n) is 11.8. The molecular weight excluding hydrogens is 270 g/mol. The Balaban J connectivity index is 1.64. The van der Waals surface area contributed by atoms with E-state index in [2.05, 4.69) is 20.8 Å². The number of ether oxygens (including phenoxy) is 1. The van der Waals surface area contributed by atoms with Gasteiger partial charge in [0.1, 0.15) is 6.33 Å². The summed E-state index contributed by atoms with van der Waals surface area (Å²) in [5.41, 5.74) is 1.42. The maximum Gasteiger partial charge on any atom is 0.251 e. The van der Waals surface area contributed by atoms with Gasteiger partial charge in [-0.05, 0) is 54.5 Å². The molecule has 1 N–H and O–H groups in total. The molecular formula is C14H17N5O2. The molecule has 2 heterocycles. The van der Waals surface area contributed by atoms with Gasteiger partial charge in [-0.1, -0.05) is 0 Å². The van der Waals surface area contributed by atoms with Crippen LogP contribution in [0, 0.1) is 0 Å². The van der Waals surface area contributed by atoms with Crippen LogP contribution in [0.15, 0.2) is 30.6 Å². The van der Waals surface area contributed by atoms with E-state index >= 15 is 0 Å². The first-order chi connectivity index (χ1) is 10.2. The number of nitrogens with one attached hydrogen (secondary N) is 1. The number of rotatable bonds is 4. The molecule has 1 fully saturated rings. The Morgan fingerprint density at radius 2 is 2.24 bits per heavy atom. The monoisotopic (exact) mass is 287 g/mol. The van der Waals surface area contributed by atoms with E-state index in [1.807, 2.05) is 19.1 Å². The highest BCUT2D eigenvalue weighted by molar-refractivity contribution is 5.94. The lowest BCUT2D eigenvalue weighted by atomic mass is 10.1. The third kappa shape index (κ3) is 3.08. The van der Waals surface area contributed by atoms with E-state index in [1.165, 1.54) is 11.0 Å². The molecule has 2 atom stereocenters. The maximum atomic E-state index is 12.2. The van der Waals surface area contributed by atoms with Gasteiger partial charge in [0, 0.05) is 12.2 Å². The number of aromatic nitrogens is 4. The van der Waals surface area contributed by atoms with Crippen molar-refractivity contribution < 1.29 is 9.53 Å². The normalized spacial score (nSPS) is 19.4. The van der Waals surface area contributed by atoms with Crippen molar-refractivity contribution >= 4 is 5.91 Å². The highest BCUT2D eigenvalue weighted by Crippen LogP contribution is 2.16. The highest BCUT2D eigenvalue weighted by atomic mass is 16.5. The van der Waals surface area contributed by atoms with Gasteiger partial charge in [0.05, 0.1) is 17.8 Å². The molecule has 0 bridgehead atoms. The predicted molar refractivity (Wildman–Crippen MR) is 75.1 cm³/mol. The topological polar surface area (TPSA) is 81.9 Å². The molecule has 1 aliphatic heterocycles. The van der Waals surface area contributed by atoms with Crippen LogP contribution in [0.4, 0.5) is 0 Å². The van der Waals surface area contributed by atoms with E-state index in [1.54, 1.807) is 12.1 Å². The van der Waals surface area contributed by atoms with E-state index in [0.29, 0.717) is 5.56 Å². The van der Waals surface area contributed by atoms with E-state index in [9.17, 15) is 4.79 Å². The Morgan fingerprint density at radius 3 is 2.86 bits per heavy atom. The highest BCUT2D eigenvalue weighted by Gasteiger charge is 2.23. The van der Waals surface area contributed by atoms with Crippen molar-refractivity contribution in [3.05, 3.63) is 36.2 Å². The Morgan fingerprint density at radius 1 is 1.43 bits per heavy atom. The lowest BCUT2D eigenvalue weighted by Gasteiger charge is -2.20. The standard InChI is InChI=1S/C14H17N5O2/c1-10(13-3-2-8-21-13)16-14(20)11-4-6-12(7-5-11)19-9-15-17-18-19/h4-7,9-10,13H,2-3,8H2,1H3,(H,16,20)/t10-,13-/m0/s1. The second kappa shape index (κ2) is 6.01. The van der Waals surface area contributed by atoms with Crippen LogP contribution in [0.2, 0.25) is 0 Å². The van der Waals surface area contributed by atoms with Crippen LogP contribution in [-0.2, 0) is 4.74 Å². The molecule has 0 saturated carbocycles. The molecule has 0 spiro atoms. The quantitative estimate of drug-likeness (QED) is 0.905. The van der Waals surface area contributed by atoms with Gasteiger partial charge in [-0.2, -0.15) is 0 Å². The first-order valence-electron chi connectivity index (χ1n) is 7.00. The summed E-state index contributed by atoms with van der Waals surface area (Å²) in [6.45, 7) is 2.76. The first kappa shape index (κ1) is 13.7. The zero-order valence-corrected chi connectivity index (χ0v) is 11.8. The van der Waals surface area contributed by atoms with Crippen molar-refractivity contribution in [1.82, 2.24) is 25.5 Å². The van der Waals surface area contributed by atoms with Crippen LogP contribution >= 0.6 is 0 Å². The fourth-order valence-corrected chi connectivity index (χ4v) is 2.43. The molecule has 21 heavy (non-hydrogen) atoms. The first-order valence-corrected chi connectivity index (χ1v) is 7.00. The van der Waals surface area contributed by atoms with Crippen LogP contribution in [-0.4, -0.2) is 44.9 Å². The molecule has 7 nitrogen and oxygen atoms in total. The van der Waals surface area contributed by atoms with E-state index in [-0.39, 0.29) is 18.1 Å². The number of hydrogen-bond acceptors (Lipinski definition) is 5. The van der Waals surface area contributed by atoms with Gasteiger partial charge in [0.2, 0.25) is 0 Å². The lowest BCUT2D eigenvalue weighted by molar-refractivity contribution is 0.0712. The van der Waals surface area contributed by atoms with Gasteiger partial charge in [-0.3, -0.25) is 4.79 Å². The Bertz CT molecular complexity index is 590. The van der Waals surface area contributed by atoms with Crippen molar-refractivity contribution in [2.45, 2.75) is 31.9 Å². The second-order valence-corrected chi connectivity index (χ2v) is 5.11. The molecule has 1 amide bonds. The third-order valence-corrected chi connectivity index (χ3v) is 3.62. The number of benzene rings is 1. The number of tetrazole rings is 1. The summed E-state index contributed by atoms with van der Waals surface area (Å²) in [4.78, 5) is 12.2. The van der Waals surface area contributed by atoms with Gasteiger partial charge in [-0.15, -0.1) is 5.10 Å². The van der Waals surface area contributed by atoms with Crippen LogP contribution in [0.3, 0.4) is 0 Å². The molecule has 3 rings (SSSR count). The third-order valence-electron chi connectivity index (χ3n) is 3.62. The summed E-state index contributed by atoms with van der Waals surface area (Å²) in [7, 11) is 0. The van der Waals surface area contributed by atoms with Gasteiger partial charge in [0.15, 0.2) is 0 Å². The molecule has 1 aromatic heterocycles. The molecule has 0 aliphatic carbocycles. The SMILES string of the molecule is C[C@H](NC(=O)c1ccc(-n2cnnn2)cc1)[C@@H]1CCCO1. The van der Waals surface area contributed by atoms with Crippen LogP contribution in [0.1, 0.15) is 30.1 Å². The van der Waals surface area contributed by atoms with Crippen molar-refractivity contribution in [2.24, 2.45) is 0 Å². The fourth-order valence-electron chi connectivity index (χ4n) is 2.43. The van der Waals surface area contributed by atoms with Crippen molar-refractivity contribution in [3.63, 3.8) is 0 Å². The Kier molecular flexibility index (Phi) is 3.92. The number of carbonyl (C=O) groups excluding carboxylic acids is 1. The zero-order chi connectivity index (χ0) is 14.7. The van der Waals surface area contributed by atoms with E-state index < -0.39 is 0 Å². The predicted octanol–water partition coefficient (Wildman–Crippen LogP) is 0.960. The van der Waals surface area contributed by atoms with Crippen molar-refractivity contribution in [3.8, 4) is 5.69 Å². The molecule has 110 valence electrons. The summed E-state index contributed by atoms with van der Waals surface area (Å²) in [6.07, 6.45) is 3.69. The molecule has 1 aliphatic rings. The van der Waals surface area contributed by atoms with Gasteiger partial charge < -0.3 is 10.1 Å². The number of nitrogens with zero attached hydrogens (tertiary/aromatic N) is 4. The number of hydrogen-bond donors (Lipinski definition) is 1.